The fourth-order valence-corrected chi connectivity index (χ4v) is 12.8. The van der Waals surface area contributed by atoms with Gasteiger partial charge in [-0.15, -0.1) is 0 Å². The van der Waals surface area contributed by atoms with Crippen LogP contribution in [0.15, 0.2) is 72.9 Å². The van der Waals surface area contributed by atoms with E-state index in [2.05, 4.69) is 70.4 Å². The molecule has 1 saturated heterocycles. The van der Waals surface area contributed by atoms with Crippen LogP contribution >= 0.6 is 0 Å². The molecule has 45 nitrogen and oxygen atoms in total. The minimum atomic E-state index is -2.52. The van der Waals surface area contributed by atoms with Crippen LogP contribution in [0.5, 0.6) is 0 Å². The van der Waals surface area contributed by atoms with Crippen molar-refractivity contribution in [2.24, 2.45) is 11.7 Å². The second-order valence-corrected chi connectivity index (χ2v) is 29.4. The number of aromatic amines is 1. The molecule has 2 heterocycles. The number of para-hydroxylation sites is 2. The van der Waals surface area contributed by atoms with Crippen molar-refractivity contribution in [3.8, 4) is 0 Å². The van der Waals surface area contributed by atoms with Gasteiger partial charge in [0.05, 0.1) is 57.4 Å². The molecular formula is C79H105FN18O27. The number of hydrogen-bond donors (Lipinski definition) is 23. The molecule has 15 amide bonds. The van der Waals surface area contributed by atoms with E-state index in [1.54, 1.807) is 30.5 Å². The number of anilines is 2. The molecule has 0 bridgehead atoms. The van der Waals surface area contributed by atoms with Crippen molar-refractivity contribution < 1.29 is 135 Å². The number of carbonyl (C=O) groups excluding carboxylic acids is 17. The Labute approximate surface area is 712 Å². The summed E-state index contributed by atoms with van der Waals surface area (Å²) in [6.07, 6.45) is -3.27. The van der Waals surface area contributed by atoms with Crippen molar-refractivity contribution in [2.75, 3.05) is 37.7 Å². The quantitative estimate of drug-likeness (QED) is 0.00877. The summed E-state index contributed by atoms with van der Waals surface area (Å²) in [6.45, 7) is 0.641. The monoisotopic (exact) mass is 1760 g/mol. The molecule has 125 heavy (non-hydrogen) atoms. The number of rotatable bonds is 37. The van der Waals surface area contributed by atoms with Crippen LogP contribution in [-0.4, -0.2) is 254 Å². The maximum Gasteiger partial charge on any atom is 0.329 e. The number of amides is 15. The minimum Gasteiger partial charge on any atom is -0.481 e. The van der Waals surface area contributed by atoms with Crippen LogP contribution in [0, 0.1) is 11.7 Å². The minimum absolute atomic E-state index is 0.0388. The Morgan fingerprint density at radius 1 is 0.544 bits per heavy atom. The van der Waals surface area contributed by atoms with Crippen LogP contribution in [-0.2, 0) is 102 Å². The highest BCUT2D eigenvalue weighted by molar-refractivity contribution is 6.06. The first-order chi connectivity index (χ1) is 59.1. The van der Waals surface area contributed by atoms with Crippen molar-refractivity contribution in [1.29, 1.82) is 0 Å². The van der Waals surface area contributed by atoms with Crippen LogP contribution in [0.1, 0.15) is 157 Å². The third kappa shape index (κ3) is 33.9. The van der Waals surface area contributed by atoms with E-state index in [0.29, 0.717) is 29.3 Å². The Kier molecular flexibility index (Phi) is 40.7. The number of benzene rings is 3. The topological polar surface area (TPSA) is 731 Å². The van der Waals surface area contributed by atoms with Gasteiger partial charge in [0, 0.05) is 59.8 Å². The van der Waals surface area contributed by atoms with Crippen LogP contribution < -0.4 is 91.6 Å². The second-order valence-electron chi connectivity index (χ2n) is 29.4. The number of hydrogen-bond acceptors (Lipinski definition) is 25. The van der Waals surface area contributed by atoms with Gasteiger partial charge in [0.15, 0.2) is 5.78 Å². The summed E-state index contributed by atoms with van der Waals surface area (Å²) in [7, 11) is 0. The number of nitrogens with one attached hydrogen (secondary N) is 15. The first kappa shape index (κ1) is 101. The highest BCUT2D eigenvalue weighted by Crippen LogP contribution is 2.22. The number of Topliss-reactive ketones (excluding diaryl/α,β-unsaturated/α-hetero) is 1. The lowest BCUT2D eigenvalue weighted by atomic mass is 9.96. The van der Waals surface area contributed by atoms with Crippen molar-refractivity contribution in [3.05, 3.63) is 95.4 Å². The summed E-state index contributed by atoms with van der Waals surface area (Å²) in [4.78, 5) is 292. The van der Waals surface area contributed by atoms with E-state index in [1.165, 1.54) is 24.3 Å². The number of nitrogen functional groups attached to an aromatic ring is 2. The molecule has 0 spiro atoms. The van der Waals surface area contributed by atoms with Crippen molar-refractivity contribution >= 4 is 147 Å². The average molecular weight is 1760 g/mol. The molecule has 13 unspecified atom stereocenters. The predicted molar refractivity (Wildman–Crippen MR) is 434 cm³/mol. The van der Waals surface area contributed by atoms with E-state index in [9.17, 15) is 131 Å². The van der Waals surface area contributed by atoms with E-state index >= 15 is 0 Å². The smallest absolute Gasteiger partial charge is 0.329 e. The Balaban J connectivity index is 1.64. The molecule has 1 aliphatic rings. The Morgan fingerprint density at radius 2 is 1.10 bits per heavy atom. The van der Waals surface area contributed by atoms with E-state index in [4.69, 9.17) is 21.9 Å². The summed E-state index contributed by atoms with van der Waals surface area (Å²) >= 11 is 0. The molecule has 1 aromatic heterocycles. The summed E-state index contributed by atoms with van der Waals surface area (Å²) in [5.41, 5.74) is 17.6. The number of aromatic nitrogens is 1. The van der Waals surface area contributed by atoms with Gasteiger partial charge in [-0.05, 0) is 81.0 Å². The number of unbranched alkanes of at least 4 members (excludes halogenated alkanes) is 6. The van der Waals surface area contributed by atoms with Gasteiger partial charge in [-0.3, -0.25) is 95.9 Å². The number of cyclic esters (lactones) is 1. The molecule has 0 saturated carbocycles. The molecule has 4 aromatic rings. The largest absolute Gasteiger partial charge is 0.481 e. The van der Waals surface area contributed by atoms with Crippen molar-refractivity contribution in [2.45, 2.75) is 209 Å². The molecule has 13 atom stereocenters. The van der Waals surface area contributed by atoms with Crippen molar-refractivity contribution in [3.63, 3.8) is 0 Å². The third-order valence-electron chi connectivity index (χ3n) is 19.4. The van der Waals surface area contributed by atoms with Crippen LogP contribution in [0.2, 0.25) is 0 Å². The zero-order valence-electron chi connectivity index (χ0n) is 68.6. The molecule has 680 valence electrons. The van der Waals surface area contributed by atoms with E-state index < -0.39 is 280 Å². The Hall–Kier alpha value is -14.2. The summed E-state index contributed by atoms with van der Waals surface area (Å²) < 4.78 is 19.7. The number of H-pyrrole nitrogens is 1. The number of aliphatic carboxylic acids is 4. The summed E-state index contributed by atoms with van der Waals surface area (Å²) in [6, 6.07) is -8.60. The lowest BCUT2D eigenvalue weighted by Crippen LogP contribution is -2.62. The molecule has 0 aliphatic carbocycles. The van der Waals surface area contributed by atoms with E-state index in [1.807, 2.05) is 16.0 Å². The number of ketones is 1. The maximum absolute atomic E-state index is 15.0. The molecular weight excluding hydrogens is 1650 g/mol. The number of aliphatic hydroxyl groups is 1. The first-order valence-electron chi connectivity index (χ1n) is 39.7. The van der Waals surface area contributed by atoms with Gasteiger partial charge >= 0.3 is 29.8 Å². The Bertz CT molecular complexity index is 4640. The number of halogens is 1. The normalized spacial score (nSPS) is 20.4. The molecule has 26 N–H and O–H groups in total. The Morgan fingerprint density at radius 3 is 1.72 bits per heavy atom. The van der Waals surface area contributed by atoms with E-state index in [0.717, 1.165) is 71.1 Å². The number of primary amides is 1. The maximum atomic E-state index is 15.0. The summed E-state index contributed by atoms with van der Waals surface area (Å²) in [5, 5.41) is 81.3. The van der Waals surface area contributed by atoms with Gasteiger partial charge in [-0.25, -0.2) is 9.18 Å². The van der Waals surface area contributed by atoms with E-state index in [-0.39, 0.29) is 41.8 Å². The number of carbonyl (C=O) groups is 21. The average Bonchev–Trinajstić information content (AvgIpc) is 1.74. The van der Waals surface area contributed by atoms with Gasteiger partial charge in [0.1, 0.15) is 78.4 Å². The second kappa shape index (κ2) is 50.2. The molecule has 3 aromatic carbocycles. The fourth-order valence-electron chi connectivity index (χ4n) is 12.8. The van der Waals surface area contributed by atoms with Gasteiger partial charge in [-0.2, -0.15) is 0 Å². The summed E-state index contributed by atoms with van der Waals surface area (Å²) in [5.74, 6) is -32.3. The van der Waals surface area contributed by atoms with Gasteiger partial charge in [0.2, 0.25) is 82.7 Å². The van der Waals surface area contributed by atoms with Crippen LogP contribution in [0.4, 0.5) is 15.8 Å². The van der Waals surface area contributed by atoms with Crippen molar-refractivity contribution in [1.82, 2.24) is 79.4 Å². The number of nitrogens with two attached hydrogens (primary N) is 3. The molecule has 1 fully saturated rings. The third-order valence-corrected chi connectivity index (χ3v) is 19.4. The van der Waals surface area contributed by atoms with Gasteiger partial charge in [0.25, 0.3) is 5.91 Å². The highest BCUT2D eigenvalue weighted by atomic mass is 19.1. The number of ether oxygens (including phenoxy) is 1. The van der Waals surface area contributed by atoms with Crippen LogP contribution in [0.25, 0.3) is 10.9 Å². The number of carboxylic acid groups (broad SMARTS) is 4. The first-order valence-corrected chi connectivity index (χ1v) is 39.7. The lowest BCUT2D eigenvalue weighted by Gasteiger charge is -2.30. The fraction of sp³-hybridized carbons (Fsp3) is 0.481. The highest BCUT2D eigenvalue weighted by Gasteiger charge is 2.41. The standard InChI is InChI=1S/C79H105FN18O27/c1-5-6-7-8-9-10-11-22-59(102)90-50(27-41-34-85-48-20-15-13-17-43(41)48)73(118)93-51(30-58(83)101)74(119)95-54(33-65(111)112)75(120)98-67-40(4)125-79(124)55(29-57(100)44-18-12-14-19-46(44)81)96-78(123)66(38(2)26-62(105)106)97-76(121)56(37-99)91-61(104)35-86-70(115)52(31-63(107)108)92-68(113)39(3)88-72(117)53(32-64(109)110)94-71(116)49(89-60(103)36-87-77(67)122)21-16-25-84-69(114)45-24-23-42(80)28-47(45)82/h12-15,17-20,23-24,28,34,38-40,49-56,66-67,85,99H,5-11,16,21-22,25-27,29-33,35-37,81-82H2,1-4H3,(H2,83,101)(H,84,114)(H,86,115)(H,87,122)(H,88,117)(H,89,103)(H,90,102)(H,91,104)(H,92,113)(H,93,118)(H,94,116)(H,95,119)(H,96,123)(H,97,121)(H,98,120)(H,105,106)(H,107,108)(H,109,110)(H,111,112). The predicted octanol–water partition coefficient (Wildman–Crippen LogP) is -4.43. The molecule has 5 rings (SSSR count). The number of esters is 1. The SMILES string of the molecule is CCCCCCCCCC(=O)NC(Cc1c[nH]c2ccccc12)C(=O)NC(CC(N)=O)C(=O)NC(CC(=O)O)C(=O)NC1C(=O)NCC(=O)NC(CCCNC(=O)c2ccc(F)cc2N)C(=O)NC(CC(=O)O)C(=O)NC(C)C(=O)NC(CC(=O)O)C(=O)NCC(=O)NC(CO)C(=O)NC(C(C)CC(=O)O)C(=O)NC(CC(=O)c2ccccc2N)C(=O)OC1C. The number of aliphatic hydroxyl groups excluding tert-OH is 1. The number of fused-ring (bicyclic) bond motifs is 1. The zero-order chi connectivity index (χ0) is 92.9. The molecule has 46 heteroatoms. The lowest BCUT2D eigenvalue weighted by molar-refractivity contribution is -0.156. The van der Waals surface area contributed by atoms with Gasteiger partial charge in [-0.1, -0.05) is 82.7 Å². The number of carboxylic acids is 4. The zero-order valence-corrected chi connectivity index (χ0v) is 68.6. The molecule has 0 radical (unpaired) electrons. The van der Waals surface area contributed by atoms with Gasteiger partial charge < -0.3 is 127 Å². The molecule has 1 aliphatic heterocycles. The van der Waals surface area contributed by atoms with Crippen LogP contribution in [0.3, 0.4) is 0 Å².